The van der Waals surface area contributed by atoms with Crippen molar-refractivity contribution in [1.29, 1.82) is 0 Å². The first-order valence-electron chi connectivity index (χ1n) is 8.39. The molecule has 0 aliphatic carbocycles. The Morgan fingerprint density at radius 1 is 1.33 bits per heavy atom. The van der Waals surface area contributed by atoms with Gasteiger partial charge in [0, 0.05) is 32.5 Å². The summed E-state index contributed by atoms with van der Waals surface area (Å²) in [6.07, 6.45) is 3.86. The number of carbonyl (C=O) groups excluding carboxylic acids is 1. The monoisotopic (exact) mass is 327 g/mol. The fourth-order valence-corrected chi connectivity index (χ4v) is 3.35. The number of anilines is 1. The van der Waals surface area contributed by atoms with Gasteiger partial charge in [-0.15, -0.1) is 0 Å². The molecule has 0 radical (unpaired) electrons. The molecule has 0 spiro atoms. The summed E-state index contributed by atoms with van der Waals surface area (Å²) in [7, 11) is 3.96. The fraction of sp³-hybridized carbons (Fsp3) is 0.500. The van der Waals surface area contributed by atoms with Gasteiger partial charge in [0.05, 0.1) is 11.7 Å². The number of hydrogen-bond acceptors (Lipinski definition) is 4. The Morgan fingerprint density at radius 3 is 2.79 bits per heavy atom. The Bertz CT molecular complexity index is 737. The number of hydrogen-bond donors (Lipinski definition) is 0. The Hall–Kier alpha value is -2.37. The van der Waals surface area contributed by atoms with Crippen LogP contribution < -0.4 is 4.90 Å². The van der Waals surface area contributed by atoms with Crippen LogP contribution in [0.2, 0.25) is 0 Å². The van der Waals surface area contributed by atoms with Crippen molar-refractivity contribution >= 4 is 11.7 Å². The van der Waals surface area contributed by atoms with Crippen LogP contribution in [0, 0.1) is 13.8 Å². The summed E-state index contributed by atoms with van der Waals surface area (Å²) in [5.41, 5.74) is 3.13. The highest BCUT2D eigenvalue weighted by Gasteiger charge is 2.30. The van der Waals surface area contributed by atoms with E-state index in [1.54, 1.807) is 4.68 Å². The highest BCUT2D eigenvalue weighted by atomic mass is 16.2. The van der Waals surface area contributed by atoms with Crippen molar-refractivity contribution in [2.75, 3.05) is 25.5 Å². The van der Waals surface area contributed by atoms with E-state index < -0.39 is 0 Å². The van der Waals surface area contributed by atoms with Crippen LogP contribution in [-0.4, -0.2) is 46.2 Å². The lowest BCUT2D eigenvalue weighted by Gasteiger charge is -2.26. The molecular formula is C18H25N5O. The molecule has 1 fully saturated rings. The minimum Gasteiger partial charge on any atom is -0.363 e. The molecule has 3 heterocycles. The lowest BCUT2D eigenvalue weighted by atomic mass is 10.1. The molecule has 6 nitrogen and oxygen atoms in total. The second-order valence-electron chi connectivity index (χ2n) is 6.67. The average Bonchev–Trinajstić information content (AvgIpc) is 3.14. The van der Waals surface area contributed by atoms with Gasteiger partial charge in [-0.3, -0.25) is 9.48 Å². The Kier molecular flexibility index (Phi) is 4.55. The summed E-state index contributed by atoms with van der Waals surface area (Å²) in [6.45, 7) is 5.05. The van der Waals surface area contributed by atoms with Gasteiger partial charge >= 0.3 is 0 Å². The van der Waals surface area contributed by atoms with Gasteiger partial charge in [-0.25, -0.2) is 4.98 Å². The summed E-state index contributed by atoms with van der Waals surface area (Å²) in [6, 6.07) is 6.24. The van der Waals surface area contributed by atoms with Crippen LogP contribution in [-0.2, 0) is 11.3 Å². The molecule has 128 valence electrons. The van der Waals surface area contributed by atoms with Crippen LogP contribution >= 0.6 is 0 Å². The van der Waals surface area contributed by atoms with Crippen LogP contribution in [0.5, 0.6) is 0 Å². The van der Waals surface area contributed by atoms with Crippen molar-refractivity contribution in [3.8, 4) is 0 Å². The quantitative estimate of drug-likeness (QED) is 0.865. The predicted octanol–water partition coefficient (Wildman–Crippen LogP) is 2.32. The summed E-state index contributed by atoms with van der Waals surface area (Å²) in [5, 5.41) is 4.41. The third-order valence-corrected chi connectivity index (χ3v) is 4.57. The topological polar surface area (TPSA) is 54.3 Å². The maximum Gasteiger partial charge on any atom is 0.244 e. The molecule has 1 aliphatic heterocycles. The number of amides is 1. The number of carbonyl (C=O) groups is 1. The first-order valence-corrected chi connectivity index (χ1v) is 8.39. The number of rotatable bonds is 4. The van der Waals surface area contributed by atoms with E-state index in [9.17, 15) is 4.79 Å². The van der Waals surface area contributed by atoms with Crippen LogP contribution in [0.25, 0.3) is 0 Å². The zero-order chi connectivity index (χ0) is 17.3. The first kappa shape index (κ1) is 16.5. The smallest absolute Gasteiger partial charge is 0.244 e. The minimum absolute atomic E-state index is 0.131. The highest BCUT2D eigenvalue weighted by molar-refractivity contribution is 5.77. The summed E-state index contributed by atoms with van der Waals surface area (Å²) in [5.74, 6) is 1.05. The van der Waals surface area contributed by atoms with E-state index >= 15 is 0 Å². The van der Waals surface area contributed by atoms with Crippen molar-refractivity contribution < 1.29 is 4.79 Å². The van der Waals surface area contributed by atoms with E-state index in [4.69, 9.17) is 0 Å². The highest BCUT2D eigenvalue weighted by Crippen LogP contribution is 2.33. The lowest BCUT2D eigenvalue weighted by Crippen LogP contribution is -2.34. The van der Waals surface area contributed by atoms with Crippen molar-refractivity contribution in [2.45, 2.75) is 39.3 Å². The lowest BCUT2D eigenvalue weighted by molar-refractivity contribution is -0.133. The molecule has 0 saturated carbocycles. The van der Waals surface area contributed by atoms with Crippen molar-refractivity contribution in [3.05, 3.63) is 41.3 Å². The van der Waals surface area contributed by atoms with Crippen LogP contribution in [0.4, 0.5) is 5.82 Å². The molecule has 2 aromatic heterocycles. The third-order valence-electron chi connectivity index (χ3n) is 4.57. The van der Waals surface area contributed by atoms with Crippen molar-refractivity contribution in [2.24, 2.45) is 0 Å². The van der Waals surface area contributed by atoms with Crippen LogP contribution in [0.3, 0.4) is 0 Å². The zero-order valence-electron chi connectivity index (χ0n) is 14.9. The van der Waals surface area contributed by atoms with Gasteiger partial charge in [-0.05, 0) is 50.5 Å². The van der Waals surface area contributed by atoms with Crippen LogP contribution in [0.15, 0.2) is 24.4 Å². The molecular weight excluding hydrogens is 302 g/mol. The Balaban J connectivity index is 1.79. The normalized spacial score (nSPS) is 17.3. The molecule has 1 saturated heterocycles. The number of likely N-dealkylation sites (tertiary alicyclic amines) is 1. The molecule has 1 aliphatic rings. The molecule has 1 atom stereocenters. The van der Waals surface area contributed by atoms with Gasteiger partial charge < -0.3 is 9.80 Å². The molecule has 0 bridgehead atoms. The van der Waals surface area contributed by atoms with Gasteiger partial charge in [0.1, 0.15) is 12.4 Å². The van der Waals surface area contributed by atoms with Gasteiger partial charge in [-0.2, -0.15) is 5.10 Å². The molecule has 0 aromatic carbocycles. The van der Waals surface area contributed by atoms with Crippen molar-refractivity contribution in [1.82, 2.24) is 19.7 Å². The van der Waals surface area contributed by atoms with Gasteiger partial charge in [0.2, 0.25) is 5.91 Å². The molecule has 3 rings (SSSR count). The Morgan fingerprint density at radius 2 is 2.12 bits per heavy atom. The molecule has 24 heavy (non-hydrogen) atoms. The number of aromatic nitrogens is 3. The molecule has 0 N–H and O–H groups in total. The molecule has 2 aromatic rings. The van der Waals surface area contributed by atoms with Crippen molar-refractivity contribution in [3.63, 3.8) is 0 Å². The maximum atomic E-state index is 12.8. The first-order chi connectivity index (χ1) is 11.5. The second kappa shape index (κ2) is 6.63. The second-order valence-corrected chi connectivity index (χ2v) is 6.67. The molecule has 6 heteroatoms. The number of nitrogens with zero attached hydrogens (tertiary/aromatic N) is 5. The van der Waals surface area contributed by atoms with E-state index in [0.29, 0.717) is 6.54 Å². The van der Waals surface area contributed by atoms with E-state index in [1.165, 1.54) is 0 Å². The van der Waals surface area contributed by atoms with E-state index in [0.717, 1.165) is 42.2 Å². The van der Waals surface area contributed by atoms with E-state index in [-0.39, 0.29) is 11.9 Å². The summed E-state index contributed by atoms with van der Waals surface area (Å²) in [4.78, 5) is 21.2. The largest absolute Gasteiger partial charge is 0.363 e. The summed E-state index contributed by atoms with van der Waals surface area (Å²) < 4.78 is 1.80. The third kappa shape index (κ3) is 3.27. The number of pyridine rings is 1. The molecule has 1 amide bonds. The van der Waals surface area contributed by atoms with E-state index in [2.05, 4.69) is 16.1 Å². The Labute approximate surface area is 143 Å². The minimum atomic E-state index is 0.131. The van der Waals surface area contributed by atoms with Gasteiger partial charge in [0.15, 0.2) is 0 Å². The SMILES string of the molecule is Cc1cc(C)n(CC(=O)N2CCCC2c2ccnc(N(C)C)c2)n1. The predicted molar refractivity (Wildman–Crippen MR) is 94.0 cm³/mol. The zero-order valence-corrected chi connectivity index (χ0v) is 14.9. The van der Waals surface area contributed by atoms with E-state index in [1.807, 2.05) is 56.1 Å². The van der Waals surface area contributed by atoms with Gasteiger partial charge in [-0.1, -0.05) is 0 Å². The average molecular weight is 327 g/mol. The van der Waals surface area contributed by atoms with Crippen LogP contribution in [0.1, 0.15) is 35.8 Å². The summed E-state index contributed by atoms with van der Waals surface area (Å²) >= 11 is 0. The maximum absolute atomic E-state index is 12.8. The number of aryl methyl sites for hydroxylation is 2. The fourth-order valence-electron chi connectivity index (χ4n) is 3.35. The standard InChI is InChI=1S/C18H25N5O/c1-13-10-14(2)23(20-13)12-18(24)22-9-5-6-16(22)15-7-8-19-17(11-15)21(3)4/h7-8,10-11,16H,5-6,9,12H2,1-4H3. The van der Waals surface area contributed by atoms with Gasteiger partial charge in [0.25, 0.3) is 0 Å². The molecule has 1 unspecified atom stereocenters.